The van der Waals surface area contributed by atoms with E-state index in [-0.39, 0.29) is 11.8 Å². The lowest BCUT2D eigenvalue weighted by atomic mass is 10.2. The molecule has 0 fully saturated rings. The van der Waals surface area contributed by atoms with Crippen molar-refractivity contribution in [2.75, 3.05) is 18.9 Å². The molecule has 0 aliphatic heterocycles. The van der Waals surface area contributed by atoms with Gasteiger partial charge in [0.2, 0.25) is 5.91 Å². The number of pyridine rings is 1. The maximum atomic E-state index is 12.2. The summed E-state index contributed by atoms with van der Waals surface area (Å²) in [6.45, 7) is 4.21. The number of nitrogens with one attached hydrogen (secondary N) is 3. The van der Waals surface area contributed by atoms with E-state index in [0.29, 0.717) is 22.4 Å². The number of carbonyl (C=O) groups is 2. The molecule has 0 saturated carbocycles. The van der Waals surface area contributed by atoms with Crippen molar-refractivity contribution in [3.05, 3.63) is 22.3 Å². The van der Waals surface area contributed by atoms with Crippen LogP contribution < -0.4 is 16.0 Å². The van der Waals surface area contributed by atoms with Gasteiger partial charge in [0.25, 0.3) is 5.91 Å². The molecule has 0 aliphatic rings. The summed E-state index contributed by atoms with van der Waals surface area (Å²) in [5.41, 5.74) is 0.386. The fourth-order valence-electron chi connectivity index (χ4n) is 1.55. The summed E-state index contributed by atoms with van der Waals surface area (Å²) in [6, 6.07) is 1.06. The summed E-state index contributed by atoms with van der Waals surface area (Å²) < 4.78 is 0.699. The zero-order valence-electron chi connectivity index (χ0n) is 11.8. The third-order valence-electron chi connectivity index (χ3n) is 2.63. The molecule has 3 N–H and O–H groups in total. The number of nitrogens with zero attached hydrogens (tertiary/aromatic N) is 1. The Bertz CT molecular complexity index is 493. The van der Waals surface area contributed by atoms with Crippen molar-refractivity contribution in [3.8, 4) is 0 Å². The van der Waals surface area contributed by atoms with Gasteiger partial charge in [0.05, 0.1) is 5.56 Å². The normalized spacial score (nSPS) is 11.6. The second-order valence-electron chi connectivity index (χ2n) is 4.29. The highest BCUT2D eigenvalue weighted by Crippen LogP contribution is 2.17. The van der Waals surface area contributed by atoms with Gasteiger partial charge in [0.1, 0.15) is 11.9 Å². The van der Waals surface area contributed by atoms with Crippen molar-refractivity contribution >= 4 is 33.6 Å². The first-order valence-corrected chi connectivity index (χ1v) is 7.20. The number of aromatic nitrogens is 1. The number of carbonyl (C=O) groups excluding carboxylic acids is 2. The quantitative estimate of drug-likeness (QED) is 0.732. The summed E-state index contributed by atoms with van der Waals surface area (Å²) >= 11 is 3.27. The fourth-order valence-corrected chi connectivity index (χ4v) is 1.88. The second-order valence-corrected chi connectivity index (χ2v) is 5.20. The van der Waals surface area contributed by atoms with E-state index in [1.807, 2.05) is 6.92 Å². The molecular weight excluding hydrogens is 324 g/mol. The van der Waals surface area contributed by atoms with Crippen LogP contribution in [0, 0.1) is 0 Å². The van der Waals surface area contributed by atoms with E-state index in [2.05, 4.69) is 36.9 Å². The van der Waals surface area contributed by atoms with E-state index in [4.69, 9.17) is 0 Å². The maximum Gasteiger partial charge on any atom is 0.255 e. The molecule has 1 aromatic heterocycles. The second kappa shape index (κ2) is 7.84. The van der Waals surface area contributed by atoms with Crippen molar-refractivity contribution in [3.63, 3.8) is 0 Å². The molecule has 1 rings (SSSR count). The summed E-state index contributed by atoms with van der Waals surface area (Å²) in [6.07, 6.45) is 2.45. The molecule has 1 unspecified atom stereocenters. The van der Waals surface area contributed by atoms with Crippen molar-refractivity contribution < 1.29 is 9.59 Å². The minimum Gasteiger partial charge on any atom is -0.372 e. The Kier molecular flexibility index (Phi) is 6.44. The molecule has 20 heavy (non-hydrogen) atoms. The number of amides is 2. The van der Waals surface area contributed by atoms with Crippen LogP contribution in [0.5, 0.6) is 0 Å². The fraction of sp³-hybridized carbons (Fsp3) is 0.462. The molecule has 7 heteroatoms. The first-order chi connectivity index (χ1) is 9.49. The number of rotatable bonds is 6. The van der Waals surface area contributed by atoms with Gasteiger partial charge in [-0.2, -0.15) is 0 Å². The van der Waals surface area contributed by atoms with Crippen LogP contribution >= 0.6 is 15.9 Å². The van der Waals surface area contributed by atoms with Crippen molar-refractivity contribution in [1.29, 1.82) is 0 Å². The first-order valence-electron chi connectivity index (χ1n) is 6.41. The Labute approximate surface area is 126 Å². The molecule has 0 spiro atoms. The van der Waals surface area contributed by atoms with Crippen molar-refractivity contribution in [2.45, 2.75) is 26.3 Å². The van der Waals surface area contributed by atoms with Crippen LogP contribution in [0.1, 0.15) is 30.6 Å². The van der Waals surface area contributed by atoms with E-state index in [1.54, 1.807) is 26.2 Å². The van der Waals surface area contributed by atoms with Gasteiger partial charge in [-0.1, -0.05) is 6.92 Å². The Hall–Kier alpha value is -1.63. The lowest BCUT2D eigenvalue weighted by molar-refractivity contribution is -0.122. The van der Waals surface area contributed by atoms with Gasteiger partial charge in [0, 0.05) is 24.3 Å². The SMILES string of the molecule is CCCNC(=O)C(C)NC(=O)c1cc(Br)cnc1NC. The van der Waals surface area contributed by atoms with Crippen LogP contribution in [0.2, 0.25) is 0 Å². The van der Waals surface area contributed by atoms with E-state index < -0.39 is 6.04 Å². The largest absolute Gasteiger partial charge is 0.372 e. The summed E-state index contributed by atoms with van der Waals surface area (Å²) in [5.74, 6) is -0.0803. The highest BCUT2D eigenvalue weighted by Gasteiger charge is 2.18. The minimum absolute atomic E-state index is 0.200. The number of hydrogen-bond donors (Lipinski definition) is 3. The summed E-state index contributed by atoms with van der Waals surface area (Å²) in [7, 11) is 1.68. The molecule has 2 amide bonds. The third kappa shape index (κ3) is 4.48. The van der Waals surface area contributed by atoms with Gasteiger partial charge in [0.15, 0.2) is 0 Å². The molecule has 1 heterocycles. The molecular formula is C13H19BrN4O2. The van der Waals surface area contributed by atoms with E-state index >= 15 is 0 Å². The van der Waals surface area contributed by atoms with Crippen molar-refractivity contribution in [2.24, 2.45) is 0 Å². The van der Waals surface area contributed by atoms with E-state index in [0.717, 1.165) is 6.42 Å². The van der Waals surface area contributed by atoms with Crippen LogP contribution in [-0.4, -0.2) is 36.4 Å². The molecule has 0 saturated heterocycles. The van der Waals surface area contributed by atoms with Gasteiger partial charge in [-0.05, 0) is 35.3 Å². The number of anilines is 1. The molecule has 0 radical (unpaired) electrons. The van der Waals surface area contributed by atoms with Crippen LogP contribution in [0.4, 0.5) is 5.82 Å². The van der Waals surface area contributed by atoms with Gasteiger partial charge >= 0.3 is 0 Å². The Morgan fingerprint density at radius 2 is 2.15 bits per heavy atom. The van der Waals surface area contributed by atoms with Gasteiger partial charge < -0.3 is 16.0 Å². The minimum atomic E-state index is -0.599. The smallest absolute Gasteiger partial charge is 0.255 e. The molecule has 110 valence electrons. The third-order valence-corrected chi connectivity index (χ3v) is 3.06. The maximum absolute atomic E-state index is 12.2. The monoisotopic (exact) mass is 342 g/mol. The summed E-state index contributed by atoms with van der Waals surface area (Å²) in [5, 5.41) is 8.24. The molecule has 6 nitrogen and oxygen atoms in total. The van der Waals surface area contributed by atoms with E-state index in [9.17, 15) is 9.59 Å². The van der Waals surface area contributed by atoms with E-state index in [1.165, 1.54) is 0 Å². The topological polar surface area (TPSA) is 83.1 Å². The standard InChI is InChI=1S/C13H19BrN4O2/c1-4-5-16-12(19)8(2)18-13(20)10-6-9(14)7-17-11(10)15-3/h6-8H,4-5H2,1-3H3,(H,15,17)(H,16,19)(H,18,20). The molecule has 0 aliphatic carbocycles. The lowest BCUT2D eigenvalue weighted by Crippen LogP contribution is -2.45. The zero-order chi connectivity index (χ0) is 15.1. The Morgan fingerprint density at radius 3 is 2.75 bits per heavy atom. The van der Waals surface area contributed by atoms with Crippen LogP contribution in [-0.2, 0) is 4.79 Å². The van der Waals surface area contributed by atoms with Crippen LogP contribution in [0.15, 0.2) is 16.7 Å². The Balaban J connectivity index is 2.75. The molecule has 0 bridgehead atoms. The average molecular weight is 343 g/mol. The Morgan fingerprint density at radius 1 is 1.45 bits per heavy atom. The van der Waals surface area contributed by atoms with Gasteiger partial charge in [-0.25, -0.2) is 4.98 Å². The molecule has 0 aromatic carbocycles. The predicted molar refractivity (Wildman–Crippen MR) is 81.7 cm³/mol. The van der Waals surface area contributed by atoms with Gasteiger partial charge in [-0.3, -0.25) is 9.59 Å². The molecule has 1 aromatic rings. The van der Waals surface area contributed by atoms with Crippen LogP contribution in [0.3, 0.4) is 0 Å². The summed E-state index contributed by atoms with van der Waals surface area (Å²) in [4.78, 5) is 28.0. The molecule has 1 atom stereocenters. The van der Waals surface area contributed by atoms with Crippen molar-refractivity contribution in [1.82, 2.24) is 15.6 Å². The highest BCUT2D eigenvalue weighted by atomic mass is 79.9. The highest BCUT2D eigenvalue weighted by molar-refractivity contribution is 9.10. The average Bonchev–Trinajstić information content (AvgIpc) is 2.44. The predicted octanol–water partition coefficient (Wildman–Crippen LogP) is 1.53. The van der Waals surface area contributed by atoms with Crippen LogP contribution in [0.25, 0.3) is 0 Å². The zero-order valence-corrected chi connectivity index (χ0v) is 13.4. The number of hydrogen-bond acceptors (Lipinski definition) is 4. The number of halogens is 1. The van der Waals surface area contributed by atoms with Gasteiger partial charge in [-0.15, -0.1) is 0 Å². The first kappa shape index (κ1) is 16.4. The lowest BCUT2D eigenvalue weighted by Gasteiger charge is -2.15.